The number of methoxy groups -OCH3 is 2. The first-order chi connectivity index (χ1) is 9.33. The molecule has 2 fully saturated rings. The number of benzene rings is 1. The van der Waals surface area contributed by atoms with E-state index in [9.17, 15) is 0 Å². The lowest BCUT2D eigenvalue weighted by molar-refractivity contribution is -0.254. The van der Waals surface area contributed by atoms with Gasteiger partial charge in [0.2, 0.25) is 0 Å². The predicted molar refractivity (Wildman–Crippen MR) is 66.5 cm³/mol. The van der Waals surface area contributed by atoms with Gasteiger partial charge in [0.15, 0.2) is 12.6 Å². The van der Waals surface area contributed by atoms with Crippen molar-refractivity contribution in [3.63, 3.8) is 0 Å². The first-order valence-electron chi connectivity index (χ1n) is 6.36. The highest BCUT2D eigenvalue weighted by Gasteiger charge is 2.50. The van der Waals surface area contributed by atoms with Crippen molar-refractivity contribution in [1.29, 1.82) is 0 Å². The number of ether oxygens (including phenoxy) is 5. The second kappa shape index (κ2) is 5.56. The third-order valence-corrected chi connectivity index (χ3v) is 3.54. The summed E-state index contributed by atoms with van der Waals surface area (Å²) in [7, 11) is 3.24. The Hall–Kier alpha value is -0.980. The SMILES string of the molecule is CO[C@H]1O[C@@H]2COC(c3ccccc3)O[C@@H]2[C@H]1OC. The smallest absolute Gasteiger partial charge is 0.186 e. The summed E-state index contributed by atoms with van der Waals surface area (Å²) in [5.41, 5.74) is 0.997. The highest BCUT2D eigenvalue weighted by molar-refractivity contribution is 5.16. The van der Waals surface area contributed by atoms with E-state index < -0.39 is 6.29 Å². The second-order valence-electron chi connectivity index (χ2n) is 4.66. The Morgan fingerprint density at radius 1 is 1.05 bits per heavy atom. The molecule has 1 aromatic carbocycles. The molecular formula is C14H18O5. The maximum atomic E-state index is 5.98. The fourth-order valence-corrected chi connectivity index (χ4v) is 2.58. The average Bonchev–Trinajstić information content (AvgIpc) is 2.84. The van der Waals surface area contributed by atoms with Crippen LogP contribution in [0, 0.1) is 0 Å². The van der Waals surface area contributed by atoms with E-state index in [1.54, 1.807) is 14.2 Å². The number of hydrogen-bond acceptors (Lipinski definition) is 5. The monoisotopic (exact) mass is 266 g/mol. The van der Waals surface area contributed by atoms with E-state index in [1.165, 1.54) is 0 Å². The number of hydrogen-bond donors (Lipinski definition) is 0. The highest BCUT2D eigenvalue weighted by Crippen LogP contribution is 2.35. The zero-order valence-electron chi connectivity index (χ0n) is 11.0. The fourth-order valence-electron chi connectivity index (χ4n) is 2.58. The Kier molecular flexibility index (Phi) is 3.81. The molecule has 1 unspecified atom stereocenters. The standard InChI is InChI=1S/C14H18O5/c1-15-12-11-10(18-14(12)16-2)8-17-13(19-11)9-6-4-3-5-7-9/h3-7,10-14H,8H2,1-2H3/t10-,11+,12-,13?,14+/m1/s1. The second-order valence-corrected chi connectivity index (χ2v) is 4.66. The molecule has 0 N–H and O–H groups in total. The van der Waals surface area contributed by atoms with Gasteiger partial charge < -0.3 is 23.7 Å². The molecule has 19 heavy (non-hydrogen) atoms. The van der Waals surface area contributed by atoms with E-state index in [2.05, 4.69) is 0 Å². The molecule has 2 saturated heterocycles. The number of fused-ring (bicyclic) bond motifs is 1. The van der Waals surface area contributed by atoms with E-state index >= 15 is 0 Å². The molecule has 5 nitrogen and oxygen atoms in total. The molecule has 0 aliphatic carbocycles. The molecule has 104 valence electrons. The van der Waals surface area contributed by atoms with E-state index in [4.69, 9.17) is 23.7 Å². The van der Waals surface area contributed by atoms with E-state index in [0.29, 0.717) is 6.61 Å². The maximum absolute atomic E-state index is 5.98. The lowest BCUT2D eigenvalue weighted by Gasteiger charge is -2.33. The summed E-state index contributed by atoms with van der Waals surface area (Å²) in [6.07, 6.45) is -1.33. The van der Waals surface area contributed by atoms with Gasteiger partial charge in [-0.1, -0.05) is 30.3 Å². The van der Waals surface area contributed by atoms with Crippen LogP contribution in [0.4, 0.5) is 0 Å². The molecule has 1 aromatic rings. The van der Waals surface area contributed by atoms with Crippen molar-refractivity contribution in [3.8, 4) is 0 Å². The third kappa shape index (κ3) is 2.40. The minimum absolute atomic E-state index is 0.144. The molecule has 0 saturated carbocycles. The van der Waals surface area contributed by atoms with Crippen LogP contribution < -0.4 is 0 Å². The Bertz CT molecular complexity index is 410. The molecule has 2 aliphatic heterocycles. The summed E-state index contributed by atoms with van der Waals surface area (Å²) in [6, 6.07) is 9.86. The molecule has 2 aliphatic rings. The summed E-state index contributed by atoms with van der Waals surface area (Å²) in [6.45, 7) is 0.476. The maximum Gasteiger partial charge on any atom is 0.186 e. The van der Waals surface area contributed by atoms with Gasteiger partial charge in [-0.25, -0.2) is 0 Å². The van der Waals surface area contributed by atoms with Crippen LogP contribution in [0.1, 0.15) is 11.9 Å². The van der Waals surface area contributed by atoms with Crippen LogP contribution >= 0.6 is 0 Å². The van der Waals surface area contributed by atoms with Crippen LogP contribution in [0.25, 0.3) is 0 Å². The normalized spacial score (nSPS) is 38.1. The lowest BCUT2D eigenvalue weighted by atomic mass is 10.1. The Morgan fingerprint density at radius 3 is 2.53 bits per heavy atom. The molecule has 0 radical (unpaired) electrons. The van der Waals surface area contributed by atoms with Crippen LogP contribution in [-0.4, -0.2) is 45.4 Å². The average molecular weight is 266 g/mol. The Balaban J connectivity index is 1.75. The highest BCUT2D eigenvalue weighted by atomic mass is 16.8. The quantitative estimate of drug-likeness (QED) is 0.829. The fraction of sp³-hybridized carbons (Fsp3) is 0.571. The zero-order chi connectivity index (χ0) is 13.2. The minimum atomic E-state index is -0.405. The Labute approximate surface area is 112 Å². The van der Waals surface area contributed by atoms with Gasteiger partial charge in [-0.15, -0.1) is 0 Å². The molecule has 5 atom stereocenters. The molecule has 0 amide bonds. The molecule has 0 spiro atoms. The van der Waals surface area contributed by atoms with Gasteiger partial charge in [0.25, 0.3) is 0 Å². The van der Waals surface area contributed by atoms with Gasteiger partial charge in [0, 0.05) is 19.8 Å². The van der Waals surface area contributed by atoms with Gasteiger partial charge in [-0.3, -0.25) is 0 Å². The largest absolute Gasteiger partial charge is 0.373 e. The van der Waals surface area contributed by atoms with Gasteiger partial charge >= 0.3 is 0 Å². The van der Waals surface area contributed by atoms with Gasteiger partial charge in [0.1, 0.15) is 18.3 Å². The minimum Gasteiger partial charge on any atom is -0.373 e. The Morgan fingerprint density at radius 2 is 1.84 bits per heavy atom. The molecule has 5 heteroatoms. The third-order valence-electron chi connectivity index (χ3n) is 3.54. The summed E-state index contributed by atoms with van der Waals surface area (Å²) in [5.74, 6) is 0. The summed E-state index contributed by atoms with van der Waals surface area (Å²) in [4.78, 5) is 0. The first-order valence-corrected chi connectivity index (χ1v) is 6.36. The van der Waals surface area contributed by atoms with Crippen LogP contribution in [0.15, 0.2) is 30.3 Å². The van der Waals surface area contributed by atoms with Crippen molar-refractivity contribution >= 4 is 0 Å². The van der Waals surface area contributed by atoms with Gasteiger partial charge in [0.05, 0.1) is 6.61 Å². The van der Waals surface area contributed by atoms with Crippen LogP contribution in [0.2, 0.25) is 0 Å². The van der Waals surface area contributed by atoms with E-state index in [1.807, 2.05) is 30.3 Å². The van der Waals surface area contributed by atoms with Crippen molar-refractivity contribution in [2.75, 3.05) is 20.8 Å². The van der Waals surface area contributed by atoms with Crippen molar-refractivity contribution in [3.05, 3.63) is 35.9 Å². The number of rotatable bonds is 3. The topological polar surface area (TPSA) is 46.2 Å². The molecule has 0 aromatic heterocycles. The molecule has 3 rings (SSSR count). The molecule has 0 bridgehead atoms. The lowest BCUT2D eigenvalue weighted by Crippen LogP contribution is -2.43. The van der Waals surface area contributed by atoms with E-state index in [-0.39, 0.29) is 24.6 Å². The van der Waals surface area contributed by atoms with Crippen molar-refractivity contribution < 1.29 is 23.7 Å². The van der Waals surface area contributed by atoms with Crippen molar-refractivity contribution in [2.24, 2.45) is 0 Å². The van der Waals surface area contributed by atoms with Crippen LogP contribution in [0.5, 0.6) is 0 Å². The van der Waals surface area contributed by atoms with Gasteiger partial charge in [-0.05, 0) is 0 Å². The van der Waals surface area contributed by atoms with Crippen molar-refractivity contribution in [2.45, 2.75) is 30.9 Å². The summed E-state index contributed by atoms with van der Waals surface area (Å²) < 4.78 is 28.1. The summed E-state index contributed by atoms with van der Waals surface area (Å²) in [5, 5.41) is 0. The zero-order valence-corrected chi connectivity index (χ0v) is 11.0. The molecular weight excluding hydrogens is 248 g/mol. The molecule has 2 heterocycles. The summed E-state index contributed by atoms with van der Waals surface area (Å²) >= 11 is 0. The van der Waals surface area contributed by atoms with E-state index in [0.717, 1.165) is 5.56 Å². The predicted octanol–water partition coefficient (Wildman–Crippen LogP) is 1.49. The van der Waals surface area contributed by atoms with Crippen LogP contribution in [0.3, 0.4) is 0 Å². The van der Waals surface area contributed by atoms with Crippen LogP contribution in [-0.2, 0) is 23.7 Å². The first kappa shape index (κ1) is 13.0. The van der Waals surface area contributed by atoms with Crippen molar-refractivity contribution in [1.82, 2.24) is 0 Å². The van der Waals surface area contributed by atoms with Gasteiger partial charge in [-0.2, -0.15) is 0 Å².